The third-order valence-electron chi connectivity index (χ3n) is 5.09. The standard InChI is InChI=1S/C22H20Cl2N4O2/c1-27(13-19(29)25-21-16(23)10-6-11-17(21)24)22(30)20-15-9-5-12-18(15)28(26-20)14-7-3-2-4-8-14/h2-4,6-8,10-11H,5,9,12-13H2,1H3,(H,25,29). The van der Waals surface area contributed by atoms with E-state index in [0.717, 1.165) is 36.2 Å². The first-order chi connectivity index (χ1) is 14.5. The number of para-hydroxylation sites is 2. The van der Waals surface area contributed by atoms with E-state index < -0.39 is 0 Å². The Morgan fingerprint density at radius 3 is 2.47 bits per heavy atom. The van der Waals surface area contributed by atoms with Crippen LogP contribution in [0.4, 0.5) is 5.69 Å². The van der Waals surface area contributed by atoms with Crippen LogP contribution in [0.2, 0.25) is 10.0 Å². The summed E-state index contributed by atoms with van der Waals surface area (Å²) in [5.74, 6) is -0.678. The Bertz CT molecular complexity index is 1090. The highest BCUT2D eigenvalue weighted by Crippen LogP contribution is 2.30. The number of carbonyl (C=O) groups excluding carboxylic acids is 2. The monoisotopic (exact) mass is 442 g/mol. The number of aromatic nitrogens is 2. The molecule has 4 rings (SSSR count). The van der Waals surface area contributed by atoms with Crippen molar-refractivity contribution >= 4 is 40.7 Å². The second-order valence-corrected chi connectivity index (χ2v) is 8.00. The molecule has 0 fully saturated rings. The Labute approximate surface area is 184 Å². The molecule has 1 aromatic heterocycles. The van der Waals surface area contributed by atoms with E-state index in [-0.39, 0.29) is 18.4 Å². The van der Waals surface area contributed by atoms with Crippen molar-refractivity contribution < 1.29 is 9.59 Å². The number of nitrogens with zero attached hydrogens (tertiary/aromatic N) is 3. The molecule has 8 heteroatoms. The highest BCUT2D eigenvalue weighted by molar-refractivity contribution is 6.39. The van der Waals surface area contributed by atoms with Crippen molar-refractivity contribution in [1.29, 1.82) is 0 Å². The lowest BCUT2D eigenvalue weighted by Crippen LogP contribution is -2.35. The van der Waals surface area contributed by atoms with Crippen LogP contribution in [-0.2, 0) is 17.6 Å². The summed E-state index contributed by atoms with van der Waals surface area (Å²) in [5.41, 5.74) is 3.68. The second-order valence-electron chi connectivity index (χ2n) is 7.18. The number of likely N-dealkylation sites (N-methyl/N-ethyl adjacent to an activating group) is 1. The van der Waals surface area contributed by atoms with Gasteiger partial charge in [0.25, 0.3) is 5.91 Å². The van der Waals surface area contributed by atoms with Gasteiger partial charge in [-0.15, -0.1) is 0 Å². The number of fused-ring (bicyclic) bond motifs is 1. The van der Waals surface area contributed by atoms with E-state index in [1.807, 2.05) is 35.0 Å². The van der Waals surface area contributed by atoms with Gasteiger partial charge in [0.15, 0.2) is 5.69 Å². The zero-order chi connectivity index (χ0) is 21.3. The second kappa shape index (κ2) is 8.50. The van der Waals surface area contributed by atoms with Crippen LogP contribution in [0, 0.1) is 0 Å². The van der Waals surface area contributed by atoms with Gasteiger partial charge < -0.3 is 10.2 Å². The first kappa shape index (κ1) is 20.4. The van der Waals surface area contributed by atoms with Gasteiger partial charge in [-0.25, -0.2) is 4.68 Å². The van der Waals surface area contributed by atoms with E-state index in [4.69, 9.17) is 23.2 Å². The minimum atomic E-state index is -0.389. The molecule has 6 nitrogen and oxygen atoms in total. The normalized spacial score (nSPS) is 12.5. The summed E-state index contributed by atoms with van der Waals surface area (Å²) in [7, 11) is 1.58. The number of benzene rings is 2. The smallest absolute Gasteiger partial charge is 0.274 e. The van der Waals surface area contributed by atoms with Crippen molar-refractivity contribution in [2.24, 2.45) is 0 Å². The molecule has 3 aromatic rings. The largest absolute Gasteiger partial charge is 0.331 e. The van der Waals surface area contributed by atoms with Gasteiger partial charge in [0, 0.05) is 18.3 Å². The Morgan fingerprint density at radius 2 is 1.77 bits per heavy atom. The molecule has 0 saturated carbocycles. The number of halogens is 2. The summed E-state index contributed by atoms with van der Waals surface area (Å²) in [5, 5.41) is 7.95. The lowest BCUT2D eigenvalue weighted by atomic mass is 10.2. The molecule has 0 unspecified atom stereocenters. The van der Waals surface area contributed by atoms with Crippen molar-refractivity contribution in [3.05, 3.63) is 75.5 Å². The van der Waals surface area contributed by atoms with E-state index >= 15 is 0 Å². The van der Waals surface area contributed by atoms with Crippen LogP contribution in [0.3, 0.4) is 0 Å². The van der Waals surface area contributed by atoms with Gasteiger partial charge in [-0.3, -0.25) is 9.59 Å². The topological polar surface area (TPSA) is 67.2 Å². The molecular formula is C22H20Cl2N4O2. The average molecular weight is 443 g/mol. The highest BCUT2D eigenvalue weighted by Gasteiger charge is 2.29. The number of carbonyl (C=O) groups is 2. The molecule has 1 N–H and O–H groups in total. The molecule has 154 valence electrons. The maximum absolute atomic E-state index is 13.1. The van der Waals surface area contributed by atoms with E-state index in [2.05, 4.69) is 10.4 Å². The molecule has 1 heterocycles. The zero-order valence-electron chi connectivity index (χ0n) is 16.4. The number of nitrogens with one attached hydrogen (secondary N) is 1. The molecule has 0 saturated heterocycles. The summed E-state index contributed by atoms with van der Waals surface area (Å²) >= 11 is 12.2. The van der Waals surface area contributed by atoms with Crippen LogP contribution >= 0.6 is 23.2 Å². The van der Waals surface area contributed by atoms with Crippen LogP contribution in [-0.4, -0.2) is 40.1 Å². The fourth-order valence-corrected chi connectivity index (χ4v) is 4.15. The number of anilines is 1. The van der Waals surface area contributed by atoms with Crippen molar-refractivity contribution in [2.75, 3.05) is 18.9 Å². The third-order valence-corrected chi connectivity index (χ3v) is 5.72. The Balaban J connectivity index is 1.53. The summed E-state index contributed by atoms with van der Waals surface area (Å²) in [6.45, 7) is -0.145. The van der Waals surface area contributed by atoms with Crippen molar-refractivity contribution in [3.63, 3.8) is 0 Å². The van der Waals surface area contributed by atoms with Gasteiger partial charge in [-0.1, -0.05) is 47.5 Å². The van der Waals surface area contributed by atoms with Crippen LogP contribution in [0.5, 0.6) is 0 Å². The fourth-order valence-electron chi connectivity index (χ4n) is 3.66. The lowest BCUT2D eigenvalue weighted by molar-refractivity contribution is -0.116. The van der Waals surface area contributed by atoms with Gasteiger partial charge in [-0.2, -0.15) is 5.10 Å². The molecule has 0 bridgehead atoms. The fraction of sp³-hybridized carbons (Fsp3) is 0.227. The minimum Gasteiger partial charge on any atom is -0.331 e. The van der Waals surface area contributed by atoms with Crippen molar-refractivity contribution in [3.8, 4) is 5.69 Å². The van der Waals surface area contributed by atoms with Gasteiger partial charge >= 0.3 is 0 Å². The molecule has 30 heavy (non-hydrogen) atoms. The third kappa shape index (κ3) is 3.93. The van der Waals surface area contributed by atoms with E-state index in [9.17, 15) is 9.59 Å². The first-order valence-corrected chi connectivity index (χ1v) is 10.4. The number of hydrogen-bond donors (Lipinski definition) is 1. The van der Waals surface area contributed by atoms with Crippen LogP contribution in [0.25, 0.3) is 5.69 Å². The van der Waals surface area contributed by atoms with E-state index in [1.165, 1.54) is 4.90 Å². The highest BCUT2D eigenvalue weighted by atomic mass is 35.5. The minimum absolute atomic E-state index is 0.145. The zero-order valence-corrected chi connectivity index (χ0v) is 17.9. The molecule has 2 amide bonds. The SMILES string of the molecule is CN(CC(=O)Nc1c(Cl)cccc1Cl)C(=O)c1nn(-c2ccccc2)c2c1CCC2. The van der Waals surface area contributed by atoms with Gasteiger partial charge in [0.2, 0.25) is 5.91 Å². The Hall–Kier alpha value is -2.83. The Kier molecular flexibility index (Phi) is 5.79. The average Bonchev–Trinajstić information content (AvgIpc) is 3.34. The van der Waals surface area contributed by atoms with Crippen molar-refractivity contribution in [2.45, 2.75) is 19.3 Å². The lowest BCUT2D eigenvalue weighted by Gasteiger charge is -2.17. The molecule has 1 aliphatic rings. The molecule has 0 spiro atoms. The van der Waals surface area contributed by atoms with Crippen LogP contribution in [0.1, 0.15) is 28.2 Å². The van der Waals surface area contributed by atoms with E-state index in [0.29, 0.717) is 21.4 Å². The Morgan fingerprint density at radius 1 is 1.07 bits per heavy atom. The first-order valence-electron chi connectivity index (χ1n) is 9.61. The van der Waals surface area contributed by atoms with Crippen molar-refractivity contribution in [1.82, 2.24) is 14.7 Å². The molecule has 0 aliphatic heterocycles. The number of amides is 2. The number of rotatable bonds is 5. The van der Waals surface area contributed by atoms with Gasteiger partial charge in [-0.05, 0) is 43.5 Å². The molecule has 1 aliphatic carbocycles. The predicted molar refractivity (Wildman–Crippen MR) is 118 cm³/mol. The molecule has 0 atom stereocenters. The predicted octanol–water partition coefficient (Wildman–Crippen LogP) is 4.38. The summed E-state index contributed by atoms with van der Waals surface area (Å²) in [6, 6.07) is 14.7. The summed E-state index contributed by atoms with van der Waals surface area (Å²) < 4.78 is 1.84. The molecule has 0 radical (unpaired) electrons. The van der Waals surface area contributed by atoms with Crippen LogP contribution < -0.4 is 5.32 Å². The van der Waals surface area contributed by atoms with Gasteiger partial charge in [0.1, 0.15) is 0 Å². The molecular weight excluding hydrogens is 423 g/mol. The van der Waals surface area contributed by atoms with E-state index in [1.54, 1.807) is 25.2 Å². The summed E-state index contributed by atoms with van der Waals surface area (Å²) in [6.07, 6.45) is 2.66. The maximum atomic E-state index is 13.1. The quantitative estimate of drug-likeness (QED) is 0.637. The van der Waals surface area contributed by atoms with Crippen LogP contribution in [0.15, 0.2) is 48.5 Å². The molecule has 2 aromatic carbocycles. The van der Waals surface area contributed by atoms with Gasteiger partial charge in [0.05, 0.1) is 28.0 Å². The number of hydrogen-bond acceptors (Lipinski definition) is 3. The summed E-state index contributed by atoms with van der Waals surface area (Å²) in [4.78, 5) is 26.9. The maximum Gasteiger partial charge on any atom is 0.274 e.